The number of nitrogens with zero attached hydrogens (tertiary/aromatic N) is 1. The van der Waals surface area contributed by atoms with E-state index in [1.165, 1.54) is 0 Å². The SMILES string of the molecule is C=C(Nc1ccc(N2CCOCC2)cc1)c1c(/C=C(\C)c2ccc(Cl)cc2)cc[nH]c1=O. The van der Waals surface area contributed by atoms with Crippen molar-refractivity contribution in [2.75, 3.05) is 36.5 Å². The molecule has 6 heteroatoms. The maximum atomic E-state index is 12.7. The normalized spacial score (nSPS) is 14.3. The van der Waals surface area contributed by atoms with E-state index >= 15 is 0 Å². The van der Waals surface area contributed by atoms with Gasteiger partial charge >= 0.3 is 0 Å². The molecule has 32 heavy (non-hydrogen) atoms. The van der Waals surface area contributed by atoms with Crippen LogP contribution in [0, 0.1) is 0 Å². The van der Waals surface area contributed by atoms with Crippen LogP contribution in [0.1, 0.15) is 23.6 Å². The first-order chi connectivity index (χ1) is 15.5. The Morgan fingerprint density at radius 1 is 1.09 bits per heavy atom. The van der Waals surface area contributed by atoms with Crippen molar-refractivity contribution in [3.63, 3.8) is 0 Å². The lowest BCUT2D eigenvalue weighted by Crippen LogP contribution is -2.36. The van der Waals surface area contributed by atoms with Gasteiger partial charge in [-0.3, -0.25) is 4.79 Å². The standard InChI is InChI=1S/C26H26ClN3O2/c1-18(20-3-5-22(27)6-4-20)17-21-11-12-28-26(31)25(21)19(2)29-23-7-9-24(10-8-23)30-13-15-32-16-14-30/h3-12,17,29H,2,13-16H2,1H3,(H,28,31)/b18-17+. The van der Waals surface area contributed by atoms with Gasteiger partial charge in [0, 0.05) is 41.4 Å². The van der Waals surface area contributed by atoms with Gasteiger partial charge in [-0.25, -0.2) is 0 Å². The molecule has 1 aliphatic rings. The topological polar surface area (TPSA) is 57.4 Å². The van der Waals surface area contributed by atoms with E-state index < -0.39 is 0 Å². The summed E-state index contributed by atoms with van der Waals surface area (Å²) in [7, 11) is 0. The maximum absolute atomic E-state index is 12.7. The van der Waals surface area contributed by atoms with Crippen LogP contribution in [-0.2, 0) is 4.74 Å². The highest BCUT2D eigenvalue weighted by Crippen LogP contribution is 2.25. The molecular formula is C26H26ClN3O2. The summed E-state index contributed by atoms with van der Waals surface area (Å²) in [6.07, 6.45) is 3.64. The molecule has 2 aromatic carbocycles. The van der Waals surface area contributed by atoms with Crippen LogP contribution in [0.4, 0.5) is 11.4 Å². The third-order valence-electron chi connectivity index (χ3n) is 5.51. The Morgan fingerprint density at radius 3 is 2.47 bits per heavy atom. The van der Waals surface area contributed by atoms with Gasteiger partial charge < -0.3 is 19.9 Å². The van der Waals surface area contributed by atoms with Gasteiger partial charge in [0.25, 0.3) is 5.56 Å². The molecule has 164 valence electrons. The van der Waals surface area contributed by atoms with Crippen molar-refractivity contribution in [3.05, 3.63) is 99.4 Å². The second-order valence-corrected chi connectivity index (χ2v) is 8.16. The van der Waals surface area contributed by atoms with Gasteiger partial charge in [-0.05, 0) is 66.1 Å². The molecule has 2 heterocycles. The molecule has 0 atom stereocenters. The summed E-state index contributed by atoms with van der Waals surface area (Å²) >= 11 is 6.00. The lowest BCUT2D eigenvalue weighted by atomic mass is 10.0. The van der Waals surface area contributed by atoms with Crippen LogP contribution in [0.2, 0.25) is 5.02 Å². The number of hydrogen-bond acceptors (Lipinski definition) is 4. The first-order valence-corrected chi connectivity index (χ1v) is 10.9. The average molecular weight is 448 g/mol. The van der Waals surface area contributed by atoms with E-state index in [-0.39, 0.29) is 5.56 Å². The number of benzene rings is 2. The fourth-order valence-electron chi connectivity index (χ4n) is 3.77. The third kappa shape index (κ3) is 5.13. The minimum Gasteiger partial charge on any atom is -0.378 e. The van der Waals surface area contributed by atoms with E-state index in [1.807, 2.05) is 55.5 Å². The molecule has 0 radical (unpaired) electrons. The van der Waals surface area contributed by atoms with E-state index in [1.54, 1.807) is 6.20 Å². The molecule has 1 aromatic heterocycles. The second-order valence-electron chi connectivity index (χ2n) is 7.72. The first kappa shape index (κ1) is 21.9. The van der Waals surface area contributed by atoms with Gasteiger partial charge in [0.15, 0.2) is 0 Å². The second kappa shape index (κ2) is 9.90. The lowest BCUT2D eigenvalue weighted by Gasteiger charge is -2.29. The van der Waals surface area contributed by atoms with Crippen LogP contribution in [0.25, 0.3) is 17.3 Å². The zero-order chi connectivity index (χ0) is 22.5. The van der Waals surface area contributed by atoms with Gasteiger partial charge in [-0.15, -0.1) is 0 Å². The highest BCUT2D eigenvalue weighted by Gasteiger charge is 2.13. The third-order valence-corrected chi connectivity index (χ3v) is 5.76. The molecule has 0 spiro atoms. The molecule has 1 saturated heterocycles. The van der Waals surface area contributed by atoms with E-state index in [4.69, 9.17) is 16.3 Å². The van der Waals surface area contributed by atoms with Crippen molar-refractivity contribution >= 4 is 40.3 Å². The first-order valence-electron chi connectivity index (χ1n) is 10.6. The summed E-state index contributed by atoms with van der Waals surface area (Å²) in [5.41, 5.74) is 5.76. The maximum Gasteiger partial charge on any atom is 0.257 e. The van der Waals surface area contributed by atoms with Crippen LogP contribution >= 0.6 is 11.6 Å². The molecule has 0 amide bonds. The van der Waals surface area contributed by atoms with E-state index in [0.29, 0.717) is 16.3 Å². The van der Waals surface area contributed by atoms with Crippen molar-refractivity contribution in [2.45, 2.75) is 6.92 Å². The number of halogens is 1. The van der Waals surface area contributed by atoms with Crippen molar-refractivity contribution in [3.8, 4) is 0 Å². The summed E-state index contributed by atoms with van der Waals surface area (Å²) in [5, 5.41) is 3.98. The smallest absolute Gasteiger partial charge is 0.257 e. The molecule has 2 N–H and O–H groups in total. The van der Waals surface area contributed by atoms with Gasteiger partial charge in [-0.1, -0.05) is 36.4 Å². The van der Waals surface area contributed by atoms with Crippen molar-refractivity contribution in [1.82, 2.24) is 4.98 Å². The molecule has 1 fully saturated rings. The highest BCUT2D eigenvalue weighted by molar-refractivity contribution is 6.30. The molecule has 0 saturated carbocycles. The Labute approximate surface area is 193 Å². The predicted molar refractivity (Wildman–Crippen MR) is 134 cm³/mol. The number of anilines is 2. The number of rotatable bonds is 6. The number of nitrogens with one attached hydrogen (secondary N) is 2. The van der Waals surface area contributed by atoms with Crippen LogP contribution in [-0.4, -0.2) is 31.3 Å². The Balaban J connectivity index is 1.55. The van der Waals surface area contributed by atoms with E-state index in [0.717, 1.165) is 54.4 Å². The Bertz CT molecular complexity index is 1170. The van der Waals surface area contributed by atoms with Crippen molar-refractivity contribution in [1.29, 1.82) is 0 Å². The highest BCUT2D eigenvalue weighted by atomic mass is 35.5. The van der Waals surface area contributed by atoms with Crippen LogP contribution < -0.4 is 15.8 Å². The number of aromatic amines is 1. The molecule has 0 bridgehead atoms. The molecule has 3 aromatic rings. The van der Waals surface area contributed by atoms with Crippen LogP contribution in [0.15, 0.2) is 72.2 Å². The van der Waals surface area contributed by atoms with Gasteiger partial charge in [0.2, 0.25) is 0 Å². The molecular weight excluding hydrogens is 422 g/mol. The largest absolute Gasteiger partial charge is 0.378 e. The van der Waals surface area contributed by atoms with Crippen molar-refractivity contribution < 1.29 is 4.74 Å². The van der Waals surface area contributed by atoms with E-state index in [9.17, 15) is 4.79 Å². The molecule has 1 aliphatic heterocycles. The average Bonchev–Trinajstić information content (AvgIpc) is 2.80. The van der Waals surface area contributed by atoms with E-state index in [2.05, 4.69) is 33.9 Å². The summed E-state index contributed by atoms with van der Waals surface area (Å²) < 4.78 is 5.42. The Morgan fingerprint density at radius 2 is 1.78 bits per heavy atom. The summed E-state index contributed by atoms with van der Waals surface area (Å²) in [6.45, 7) is 9.43. The zero-order valence-corrected chi connectivity index (χ0v) is 18.8. The number of morpholine rings is 1. The minimum absolute atomic E-state index is 0.190. The van der Waals surface area contributed by atoms with Crippen LogP contribution in [0.3, 0.4) is 0 Å². The summed E-state index contributed by atoms with van der Waals surface area (Å²) in [4.78, 5) is 17.7. The molecule has 0 aliphatic carbocycles. The van der Waals surface area contributed by atoms with Crippen molar-refractivity contribution in [2.24, 2.45) is 0 Å². The Hall–Kier alpha value is -3.28. The quantitative estimate of drug-likeness (QED) is 0.523. The number of H-pyrrole nitrogens is 1. The van der Waals surface area contributed by atoms with Gasteiger partial charge in [-0.2, -0.15) is 0 Å². The Kier molecular flexibility index (Phi) is 6.78. The number of allylic oxidation sites excluding steroid dienone is 1. The van der Waals surface area contributed by atoms with Gasteiger partial charge in [0.1, 0.15) is 0 Å². The van der Waals surface area contributed by atoms with Gasteiger partial charge in [0.05, 0.1) is 18.8 Å². The molecule has 5 nitrogen and oxygen atoms in total. The fraction of sp³-hybridized carbons (Fsp3) is 0.192. The van der Waals surface area contributed by atoms with Crippen LogP contribution in [0.5, 0.6) is 0 Å². The number of ether oxygens (including phenoxy) is 1. The monoisotopic (exact) mass is 447 g/mol. The fourth-order valence-corrected chi connectivity index (χ4v) is 3.89. The minimum atomic E-state index is -0.190. The zero-order valence-electron chi connectivity index (χ0n) is 18.0. The number of aromatic nitrogens is 1. The number of pyridine rings is 1. The molecule has 4 rings (SSSR count). The number of hydrogen-bond donors (Lipinski definition) is 2. The predicted octanol–water partition coefficient (Wildman–Crippen LogP) is 5.51. The molecule has 0 unspecified atom stereocenters. The summed E-state index contributed by atoms with van der Waals surface area (Å²) in [6, 6.07) is 17.7. The lowest BCUT2D eigenvalue weighted by molar-refractivity contribution is 0.122. The summed E-state index contributed by atoms with van der Waals surface area (Å²) in [5.74, 6) is 0.